The number of pyridine rings is 1. The van der Waals surface area contributed by atoms with E-state index in [0.717, 1.165) is 5.56 Å². The second kappa shape index (κ2) is 5.85. The summed E-state index contributed by atoms with van der Waals surface area (Å²) in [6.45, 7) is 4.02. The minimum Gasteiger partial charge on any atom is -0.465 e. The Morgan fingerprint density at radius 3 is 2.94 bits per heavy atom. The second-order valence-electron chi connectivity index (χ2n) is 3.60. The van der Waals surface area contributed by atoms with Gasteiger partial charge in [-0.05, 0) is 25.5 Å². The highest BCUT2D eigenvalue weighted by Crippen LogP contribution is 2.18. The van der Waals surface area contributed by atoms with Crippen LogP contribution in [-0.4, -0.2) is 31.2 Å². The lowest BCUT2D eigenvalue weighted by atomic mass is 10.1. The van der Waals surface area contributed by atoms with Crippen molar-refractivity contribution in [2.45, 2.75) is 13.8 Å². The van der Waals surface area contributed by atoms with E-state index < -0.39 is 0 Å². The fraction of sp³-hybridized carbons (Fsp3) is 0.417. The molecule has 0 aliphatic carbocycles. The lowest BCUT2D eigenvalue weighted by molar-refractivity contribution is -0.141. The van der Waals surface area contributed by atoms with Gasteiger partial charge in [0.25, 0.3) is 0 Å². The highest BCUT2D eigenvalue weighted by molar-refractivity contribution is 5.76. The molecular formula is C12H15N3O2. The molecule has 0 unspecified atom stereocenters. The molecule has 1 rings (SSSR count). The van der Waals surface area contributed by atoms with E-state index in [-0.39, 0.29) is 12.5 Å². The van der Waals surface area contributed by atoms with E-state index in [1.54, 1.807) is 31.1 Å². The van der Waals surface area contributed by atoms with Gasteiger partial charge in [0.15, 0.2) is 0 Å². The Morgan fingerprint density at radius 2 is 2.35 bits per heavy atom. The Morgan fingerprint density at radius 1 is 1.65 bits per heavy atom. The highest BCUT2D eigenvalue weighted by Gasteiger charge is 2.14. The molecule has 0 N–H and O–H groups in total. The summed E-state index contributed by atoms with van der Waals surface area (Å²) in [4.78, 5) is 17.1. The molecule has 1 aromatic heterocycles. The number of aromatic nitrogens is 1. The van der Waals surface area contributed by atoms with Crippen LogP contribution >= 0.6 is 0 Å². The van der Waals surface area contributed by atoms with Gasteiger partial charge in [0.2, 0.25) is 0 Å². The standard InChI is InChI=1S/C12H15N3O2/c1-4-17-11(16)8-15(3)12-10(7-13)9(2)5-6-14-12/h5-6H,4,8H2,1-3H3. The minimum atomic E-state index is -0.331. The van der Waals surface area contributed by atoms with Crippen molar-refractivity contribution in [1.82, 2.24) is 4.98 Å². The van der Waals surface area contributed by atoms with Crippen LogP contribution < -0.4 is 4.90 Å². The van der Waals surface area contributed by atoms with Crippen molar-refractivity contribution < 1.29 is 9.53 Å². The van der Waals surface area contributed by atoms with Crippen molar-refractivity contribution >= 4 is 11.8 Å². The SMILES string of the molecule is CCOC(=O)CN(C)c1nccc(C)c1C#N. The Kier molecular flexibility index (Phi) is 4.46. The third-order valence-electron chi connectivity index (χ3n) is 2.28. The molecular weight excluding hydrogens is 218 g/mol. The van der Waals surface area contributed by atoms with Gasteiger partial charge in [0.05, 0.1) is 12.2 Å². The number of hydrogen-bond acceptors (Lipinski definition) is 5. The van der Waals surface area contributed by atoms with Crippen LogP contribution in [-0.2, 0) is 9.53 Å². The topological polar surface area (TPSA) is 66.2 Å². The van der Waals surface area contributed by atoms with Crippen LogP contribution in [0.2, 0.25) is 0 Å². The summed E-state index contributed by atoms with van der Waals surface area (Å²) in [5, 5.41) is 9.05. The van der Waals surface area contributed by atoms with Gasteiger partial charge in [-0.3, -0.25) is 4.79 Å². The van der Waals surface area contributed by atoms with Gasteiger partial charge >= 0.3 is 5.97 Å². The van der Waals surface area contributed by atoms with Crippen molar-refractivity contribution in [2.75, 3.05) is 25.1 Å². The fourth-order valence-corrected chi connectivity index (χ4v) is 1.45. The first-order valence-corrected chi connectivity index (χ1v) is 5.32. The predicted molar refractivity (Wildman–Crippen MR) is 63.6 cm³/mol. The first-order valence-electron chi connectivity index (χ1n) is 5.32. The molecule has 90 valence electrons. The maximum Gasteiger partial charge on any atom is 0.325 e. The first kappa shape index (κ1) is 13.0. The number of aryl methyl sites for hydroxylation is 1. The summed E-state index contributed by atoms with van der Waals surface area (Å²) >= 11 is 0. The maximum atomic E-state index is 11.3. The molecule has 0 fully saturated rings. The zero-order valence-corrected chi connectivity index (χ0v) is 10.2. The molecule has 0 amide bonds. The number of carbonyl (C=O) groups excluding carboxylic acids is 1. The van der Waals surface area contributed by atoms with Crippen LogP contribution in [0.25, 0.3) is 0 Å². The predicted octanol–water partition coefficient (Wildman–Crippen LogP) is 1.26. The summed E-state index contributed by atoms with van der Waals surface area (Å²) in [6, 6.07) is 3.86. The highest BCUT2D eigenvalue weighted by atomic mass is 16.5. The molecule has 1 aromatic rings. The zero-order valence-electron chi connectivity index (χ0n) is 10.2. The summed E-state index contributed by atoms with van der Waals surface area (Å²) in [5.41, 5.74) is 1.33. The molecule has 5 nitrogen and oxygen atoms in total. The van der Waals surface area contributed by atoms with Gasteiger partial charge in [-0.1, -0.05) is 0 Å². The Bertz CT molecular complexity index is 452. The molecule has 0 spiro atoms. The van der Waals surface area contributed by atoms with Crippen molar-refractivity contribution in [1.29, 1.82) is 5.26 Å². The van der Waals surface area contributed by atoms with E-state index in [9.17, 15) is 4.79 Å². The van der Waals surface area contributed by atoms with Crippen LogP contribution in [0.3, 0.4) is 0 Å². The van der Waals surface area contributed by atoms with E-state index in [0.29, 0.717) is 18.0 Å². The normalized spacial score (nSPS) is 9.53. The average molecular weight is 233 g/mol. The van der Waals surface area contributed by atoms with Crippen LogP contribution in [0, 0.1) is 18.3 Å². The summed E-state index contributed by atoms with van der Waals surface area (Å²) < 4.78 is 4.85. The van der Waals surface area contributed by atoms with Crippen molar-refractivity contribution in [3.8, 4) is 6.07 Å². The molecule has 0 aromatic carbocycles. The molecule has 0 bridgehead atoms. The molecule has 0 radical (unpaired) electrons. The largest absolute Gasteiger partial charge is 0.465 e. The third kappa shape index (κ3) is 3.18. The Hall–Kier alpha value is -2.09. The average Bonchev–Trinajstić information content (AvgIpc) is 2.28. The van der Waals surface area contributed by atoms with Crippen LogP contribution in [0.4, 0.5) is 5.82 Å². The van der Waals surface area contributed by atoms with Crippen LogP contribution in [0.15, 0.2) is 12.3 Å². The molecule has 17 heavy (non-hydrogen) atoms. The number of esters is 1. The van der Waals surface area contributed by atoms with Crippen molar-refractivity contribution in [2.24, 2.45) is 0 Å². The number of likely N-dealkylation sites (N-methyl/N-ethyl adjacent to an activating group) is 1. The van der Waals surface area contributed by atoms with E-state index in [1.165, 1.54) is 0 Å². The molecule has 5 heteroatoms. The van der Waals surface area contributed by atoms with Gasteiger partial charge < -0.3 is 9.64 Å². The Balaban J connectivity index is 2.90. The molecule has 0 aliphatic heterocycles. The summed E-state index contributed by atoms with van der Waals surface area (Å²) in [6.07, 6.45) is 1.62. The lowest BCUT2D eigenvalue weighted by Crippen LogP contribution is -2.28. The van der Waals surface area contributed by atoms with Crippen LogP contribution in [0.1, 0.15) is 18.1 Å². The molecule has 0 aliphatic rings. The Labute approximate surface area is 101 Å². The first-order chi connectivity index (χ1) is 8.10. The summed E-state index contributed by atoms with van der Waals surface area (Å²) in [7, 11) is 1.71. The zero-order chi connectivity index (χ0) is 12.8. The van der Waals surface area contributed by atoms with E-state index in [4.69, 9.17) is 10.00 Å². The number of rotatable bonds is 4. The lowest BCUT2D eigenvalue weighted by Gasteiger charge is -2.18. The number of nitriles is 1. The maximum absolute atomic E-state index is 11.3. The van der Waals surface area contributed by atoms with E-state index >= 15 is 0 Å². The molecule has 1 heterocycles. The number of nitrogens with zero attached hydrogens (tertiary/aromatic N) is 3. The monoisotopic (exact) mass is 233 g/mol. The van der Waals surface area contributed by atoms with Gasteiger partial charge in [-0.2, -0.15) is 5.26 Å². The van der Waals surface area contributed by atoms with Crippen molar-refractivity contribution in [3.63, 3.8) is 0 Å². The number of anilines is 1. The number of hydrogen-bond donors (Lipinski definition) is 0. The van der Waals surface area contributed by atoms with Gasteiger partial charge in [-0.15, -0.1) is 0 Å². The van der Waals surface area contributed by atoms with E-state index in [2.05, 4.69) is 11.1 Å². The van der Waals surface area contributed by atoms with Crippen LogP contribution in [0.5, 0.6) is 0 Å². The van der Waals surface area contributed by atoms with Gasteiger partial charge in [0.1, 0.15) is 18.4 Å². The number of ether oxygens (including phenoxy) is 1. The number of carbonyl (C=O) groups is 1. The van der Waals surface area contributed by atoms with Gasteiger partial charge in [0, 0.05) is 13.2 Å². The van der Waals surface area contributed by atoms with Gasteiger partial charge in [-0.25, -0.2) is 4.98 Å². The van der Waals surface area contributed by atoms with Crippen molar-refractivity contribution in [3.05, 3.63) is 23.4 Å². The molecule has 0 saturated carbocycles. The fourth-order valence-electron chi connectivity index (χ4n) is 1.45. The summed E-state index contributed by atoms with van der Waals surface area (Å²) in [5.74, 6) is 0.169. The quantitative estimate of drug-likeness (QED) is 0.732. The molecule has 0 saturated heterocycles. The third-order valence-corrected chi connectivity index (χ3v) is 2.28. The van der Waals surface area contributed by atoms with E-state index in [1.807, 2.05) is 6.92 Å². The smallest absolute Gasteiger partial charge is 0.325 e. The second-order valence-corrected chi connectivity index (χ2v) is 3.60. The minimum absolute atomic E-state index is 0.0823. The molecule has 0 atom stereocenters.